The number of hydrogen-bond acceptors (Lipinski definition) is 3. The molecular weight excluding hydrogens is 417 g/mol. The topological polar surface area (TPSA) is 46.5 Å². The van der Waals surface area contributed by atoms with Gasteiger partial charge in [-0.1, -0.05) is 90.4 Å². The zero-order chi connectivity index (χ0) is 23.7. The van der Waals surface area contributed by atoms with Crippen LogP contribution in [0, 0.1) is 0 Å². The fourth-order valence-corrected chi connectivity index (χ4v) is 3.50. The van der Waals surface area contributed by atoms with Crippen LogP contribution in [-0.4, -0.2) is 23.7 Å². The smallest absolute Gasteiger partial charge is 0.454 e. The molecule has 0 spiro atoms. The highest BCUT2D eigenvalue weighted by Gasteiger charge is 2.37. The van der Waals surface area contributed by atoms with Crippen molar-refractivity contribution >= 4 is 11.5 Å². The van der Waals surface area contributed by atoms with E-state index in [2.05, 4.69) is 6.92 Å². The van der Waals surface area contributed by atoms with Crippen LogP contribution >= 0.6 is 0 Å². The number of ether oxygens (including phenoxy) is 1. The van der Waals surface area contributed by atoms with Crippen LogP contribution in [0.5, 0.6) is 5.75 Å². The minimum absolute atomic E-state index is 0.131. The Labute approximate surface area is 191 Å². The van der Waals surface area contributed by atoms with E-state index in [1.807, 2.05) is 0 Å². The van der Waals surface area contributed by atoms with Crippen LogP contribution in [0.15, 0.2) is 30.3 Å². The van der Waals surface area contributed by atoms with Gasteiger partial charge in [-0.2, -0.15) is 13.2 Å². The third-order valence-electron chi connectivity index (χ3n) is 5.46. The number of unbranched alkanes of at least 4 members (excludes halogenated alkanes) is 13. The summed E-state index contributed by atoms with van der Waals surface area (Å²) in [4.78, 5) is 10.9. The fourth-order valence-electron chi connectivity index (χ4n) is 3.50. The Morgan fingerprint density at radius 2 is 1.25 bits per heavy atom. The lowest BCUT2D eigenvalue weighted by Gasteiger charge is -2.08. The molecule has 0 saturated heterocycles. The van der Waals surface area contributed by atoms with Crippen molar-refractivity contribution in [2.24, 2.45) is 0 Å². The SMILES string of the molecule is CCCCCCCCCCCCCCCCOc1ccc(/C(O)=C/C(=O)C(F)(F)F)cc1. The van der Waals surface area contributed by atoms with Gasteiger partial charge < -0.3 is 9.84 Å². The number of ketones is 1. The minimum Gasteiger partial charge on any atom is -0.507 e. The maximum atomic E-state index is 12.2. The van der Waals surface area contributed by atoms with Crippen LogP contribution in [0.25, 0.3) is 5.76 Å². The lowest BCUT2D eigenvalue weighted by molar-refractivity contribution is -0.165. The number of rotatable bonds is 18. The number of carbonyl (C=O) groups is 1. The van der Waals surface area contributed by atoms with E-state index in [9.17, 15) is 23.1 Å². The highest BCUT2D eigenvalue weighted by molar-refractivity contribution is 5.99. The van der Waals surface area contributed by atoms with E-state index in [1.165, 1.54) is 89.2 Å². The van der Waals surface area contributed by atoms with Gasteiger partial charge >= 0.3 is 6.18 Å². The number of carbonyl (C=O) groups excluding carboxylic acids is 1. The van der Waals surface area contributed by atoms with Crippen molar-refractivity contribution in [2.75, 3.05) is 6.61 Å². The van der Waals surface area contributed by atoms with Crippen molar-refractivity contribution in [3.63, 3.8) is 0 Å². The monoisotopic (exact) mass is 456 g/mol. The second kappa shape index (κ2) is 16.6. The van der Waals surface area contributed by atoms with E-state index >= 15 is 0 Å². The number of aliphatic hydroxyl groups excluding tert-OH is 1. The first-order valence-electron chi connectivity index (χ1n) is 12.1. The van der Waals surface area contributed by atoms with Gasteiger partial charge in [0.2, 0.25) is 0 Å². The van der Waals surface area contributed by atoms with Crippen molar-refractivity contribution in [3.05, 3.63) is 35.9 Å². The van der Waals surface area contributed by atoms with Gasteiger partial charge in [0.1, 0.15) is 11.5 Å². The summed E-state index contributed by atoms with van der Waals surface area (Å²) in [6.45, 7) is 2.82. The average Bonchev–Trinajstić information content (AvgIpc) is 2.76. The van der Waals surface area contributed by atoms with Gasteiger partial charge in [0.15, 0.2) is 0 Å². The standard InChI is InChI=1S/C26H39F3O3/c1-2-3-4-5-6-7-8-9-10-11-12-13-14-15-20-32-23-18-16-22(17-19-23)24(30)21-25(31)26(27,28)29/h16-19,21,30H,2-15,20H2,1H3/b24-21-. The largest absolute Gasteiger partial charge is 0.507 e. The molecule has 0 radical (unpaired) electrons. The molecule has 0 unspecified atom stereocenters. The summed E-state index contributed by atoms with van der Waals surface area (Å²) >= 11 is 0. The second-order valence-electron chi connectivity index (χ2n) is 8.36. The molecule has 6 heteroatoms. The third-order valence-corrected chi connectivity index (χ3v) is 5.46. The van der Waals surface area contributed by atoms with E-state index in [0.29, 0.717) is 12.4 Å². The van der Waals surface area contributed by atoms with Crippen molar-refractivity contribution in [1.82, 2.24) is 0 Å². The first-order valence-corrected chi connectivity index (χ1v) is 12.1. The number of aliphatic hydroxyl groups is 1. The van der Waals surface area contributed by atoms with E-state index in [1.54, 1.807) is 12.1 Å². The van der Waals surface area contributed by atoms with Crippen molar-refractivity contribution in [2.45, 2.75) is 103 Å². The molecule has 3 nitrogen and oxygen atoms in total. The molecule has 1 N–H and O–H groups in total. The van der Waals surface area contributed by atoms with Crippen LogP contribution in [0.1, 0.15) is 102 Å². The lowest BCUT2D eigenvalue weighted by atomic mass is 10.0. The normalized spacial score (nSPS) is 12.2. The van der Waals surface area contributed by atoms with Gasteiger partial charge in [-0.3, -0.25) is 4.79 Å². The van der Waals surface area contributed by atoms with Crippen LogP contribution in [0.2, 0.25) is 0 Å². The van der Waals surface area contributed by atoms with Crippen LogP contribution < -0.4 is 4.74 Å². The molecule has 0 aliphatic rings. The highest BCUT2D eigenvalue weighted by Crippen LogP contribution is 2.21. The predicted octanol–water partition coefficient (Wildman–Crippen LogP) is 8.58. The quantitative estimate of drug-likeness (QED) is 0.137. The molecule has 1 rings (SSSR count). The average molecular weight is 457 g/mol. The predicted molar refractivity (Wildman–Crippen MR) is 124 cm³/mol. The van der Waals surface area contributed by atoms with E-state index in [-0.39, 0.29) is 11.6 Å². The summed E-state index contributed by atoms with van der Waals surface area (Å²) in [5.74, 6) is -2.22. The summed E-state index contributed by atoms with van der Waals surface area (Å²) in [6, 6.07) is 5.99. The molecule has 0 saturated carbocycles. The Kier molecular flexibility index (Phi) is 14.6. The van der Waals surface area contributed by atoms with E-state index < -0.39 is 17.7 Å². The molecule has 0 heterocycles. The van der Waals surface area contributed by atoms with Gasteiger partial charge in [0.25, 0.3) is 5.78 Å². The van der Waals surface area contributed by atoms with Crippen molar-refractivity contribution in [3.8, 4) is 5.75 Å². The Morgan fingerprint density at radius 1 is 0.812 bits per heavy atom. The molecule has 182 valence electrons. The van der Waals surface area contributed by atoms with Crippen molar-refractivity contribution < 1.29 is 27.8 Å². The van der Waals surface area contributed by atoms with Gasteiger partial charge in [0.05, 0.1) is 6.61 Å². The maximum Gasteiger partial charge on any atom is 0.454 e. The first-order chi connectivity index (χ1) is 15.3. The summed E-state index contributed by atoms with van der Waals surface area (Å²) in [7, 11) is 0. The van der Waals surface area contributed by atoms with E-state index in [0.717, 1.165) is 12.8 Å². The van der Waals surface area contributed by atoms with Gasteiger partial charge in [-0.25, -0.2) is 0 Å². The summed E-state index contributed by atoms with van der Waals surface area (Å²) in [5, 5.41) is 9.66. The number of alkyl halides is 3. The third kappa shape index (κ3) is 13.4. The Morgan fingerprint density at radius 3 is 1.69 bits per heavy atom. The summed E-state index contributed by atoms with van der Waals surface area (Å²) in [5.41, 5.74) is 0.131. The lowest BCUT2D eigenvalue weighted by Crippen LogP contribution is -2.20. The molecule has 0 fully saturated rings. The second-order valence-corrected chi connectivity index (χ2v) is 8.36. The first kappa shape index (κ1) is 28.1. The zero-order valence-corrected chi connectivity index (χ0v) is 19.4. The molecule has 32 heavy (non-hydrogen) atoms. The van der Waals surface area contributed by atoms with Gasteiger partial charge in [0, 0.05) is 11.6 Å². The molecular formula is C26H39F3O3. The summed E-state index contributed by atoms with van der Waals surface area (Å²) in [6.07, 6.45) is 13.3. The number of benzene rings is 1. The van der Waals surface area contributed by atoms with Crippen LogP contribution in [0.3, 0.4) is 0 Å². The van der Waals surface area contributed by atoms with Crippen LogP contribution in [0.4, 0.5) is 13.2 Å². The molecule has 0 atom stereocenters. The van der Waals surface area contributed by atoms with Crippen molar-refractivity contribution in [1.29, 1.82) is 0 Å². The molecule has 1 aromatic carbocycles. The van der Waals surface area contributed by atoms with Gasteiger partial charge in [-0.05, 0) is 30.7 Å². The number of allylic oxidation sites excluding steroid dienone is 1. The number of hydrogen-bond donors (Lipinski definition) is 1. The zero-order valence-electron chi connectivity index (χ0n) is 19.4. The Hall–Kier alpha value is -1.98. The van der Waals surface area contributed by atoms with Gasteiger partial charge in [-0.15, -0.1) is 0 Å². The molecule has 1 aromatic rings. The van der Waals surface area contributed by atoms with E-state index in [4.69, 9.17) is 4.74 Å². The summed E-state index contributed by atoms with van der Waals surface area (Å²) < 4.78 is 42.4. The Bertz CT molecular complexity index is 651. The molecule has 0 aromatic heterocycles. The fraction of sp³-hybridized carbons (Fsp3) is 0.654. The maximum absolute atomic E-state index is 12.2. The molecule has 0 aliphatic carbocycles. The van der Waals surface area contributed by atoms with Crippen LogP contribution in [-0.2, 0) is 4.79 Å². The number of halogens is 3. The minimum atomic E-state index is -5.00. The molecule has 0 aliphatic heterocycles. The highest BCUT2D eigenvalue weighted by atomic mass is 19.4. The Balaban J connectivity index is 2.05. The molecule has 0 bridgehead atoms. The molecule has 0 amide bonds.